The second-order valence-electron chi connectivity index (χ2n) is 7.80. The largest absolute Gasteiger partial charge is 0.378 e. The lowest BCUT2D eigenvalue weighted by Crippen LogP contribution is -2.44. The summed E-state index contributed by atoms with van der Waals surface area (Å²) in [5.74, 6) is 0.572. The molecule has 1 saturated heterocycles. The van der Waals surface area contributed by atoms with Crippen molar-refractivity contribution in [3.8, 4) is 0 Å². The molecule has 0 unspecified atom stereocenters. The van der Waals surface area contributed by atoms with Gasteiger partial charge in [0.1, 0.15) is 0 Å². The number of hydrogen-bond donors (Lipinski definition) is 2. The Morgan fingerprint density at radius 2 is 1.84 bits per heavy atom. The molecule has 0 spiro atoms. The van der Waals surface area contributed by atoms with Crippen LogP contribution < -0.4 is 15.5 Å². The number of hydrogen-bond acceptors (Lipinski definition) is 7. The van der Waals surface area contributed by atoms with Gasteiger partial charge in [0, 0.05) is 64.1 Å². The van der Waals surface area contributed by atoms with Crippen LogP contribution in [0.4, 0.5) is 23.0 Å². The number of benzene rings is 1. The molecule has 2 N–H and O–H groups in total. The number of aromatic nitrogens is 4. The van der Waals surface area contributed by atoms with E-state index in [0.29, 0.717) is 12.5 Å². The van der Waals surface area contributed by atoms with Gasteiger partial charge in [0.05, 0.1) is 5.69 Å². The lowest BCUT2D eigenvalue weighted by atomic mass is 10.2. The van der Waals surface area contributed by atoms with Crippen LogP contribution >= 0.6 is 0 Å². The summed E-state index contributed by atoms with van der Waals surface area (Å²) in [7, 11) is 2.17. The molecule has 0 atom stereocenters. The van der Waals surface area contributed by atoms with Gasteiger partial charge in [0.15, 0.2) is 5.65 Å². The van der Waals surface area contributed by atoms with Gasteiger partial charge in [-0.1, -0.05) is 6.07 Å². The van der Waals surface area contributed by atoms with Gasteiger partial charge in [-0.05, 0) is 55.1 Å². The molecule has 5 rings (SSSR count). The number of anilines is 4. The van der Waals surface area contributed by atoms with Gasteiger partial charge in [-0.3, -0.25) is 4.98 Å². The molecule has 0 amide bonds. The van der Waals surface area contributed by atoms with E-state index in [1.807, 2.05) is 36.7 Å². The molecule has 0 aliphatic carbocycles. The molecule has 1 aliphatic heterocycles. The third-order valence-corrected chi connectivity index (χ3v) is 5.56. The highest BCUT2D eigenvalue weighted by atomic mass is 15.4. The van der Waals surface area contributed by atoms with Crippen molar-refractivity contribution in [3.05, 3.63) is 72.7 Å². The molecule has 8 nitrogen and oxygen atoms in total. The van der Waals surface area contributed by atoms with E-state index < -0.39 is 0 Å². The van der Waals surface area contributed by atoms with E-state index in [1.165, 1.54) is 5.69 Å². The zero-order valence-electron chi connectivity index (χ0n) is 17.6. The SMILES string of the molecule is CN1CCN(c2ccc(Nc3nc4c(NCc5cccnc5)cccn4n3)cc2)CC1.[HH]. The molecular weight excluding hydrogens is 388 g/mol. The quantitative estimate of drug-likeness (QED) is 0.498. The summed E-state index contributed by atoms with van der Waals surface area (Å²) in [4.78, 5) is 13.6. The standard InChI is InChI=1S/C23H26N8.H2/c1-29-12-14-30(15-13-29)20-8-6-19(7-9-20)26-23-27-22-21(5-3-11-31(22)28-23)25-17-18-4-2-10-24-16-18;/h2-11,16,25H,12-15,17H2,1H3,(H,26,28);1H. The Balaban J connectivity index is 0.00000245. The lowest BCUT2D eigenvalue weighted by Gasteiger charge is -2.34. The fraction of sp³-hybridized carbons (Fsp3) is 0.261. The zero-order chi connectivity index (χ0) is 21.0. The molecule has 4 heterocycles. The van der Waals surface area contributed by atoms with Crippen LogP contribution in [0.3, 0.4) is 0 Å². The third kappa shape index (κ3) is 4.44. The minimum atomic E-state index is 0. The number of nitrogens with one attached hydrogen (secondary N) is 2. The molecule has 1 aromatic carbocycles. The molecule has 1 aliphatic rings. The summed E-state index contributed by atoms with van der Waals surface area (Å²) >= 11 is 0. The maximum absolute atomic E-state index is 4.69. The molecule has 1 fully saturated rings. The van der Waals surface area contributed by atoms with E-state index in [9.17, 15) is 0 Å². The van der Waals surface area contributed by atoms with Gasteiger partial charge < -0.3 is 20.4 Å². The summed E-state index contributed by atoms with van der Waals surface area (Å²) < 4.78 is 1.78. The average Bonchev–Trinajstić information content (AvgIpc) is 3.22. The second-order valence-corrected chi connectivity index (χ2v) is 7.80. The first-order chi connectivity index (χ1) is 15.2. The molecule has 0 bridgehead atoms. The predicted molar refractivity (Wildman–Crippen MR) is 126 cm³/mol. The monoisotopic (exact) mass is 416 g/mol. The van der Waals surface area contributed by atoms with Crippen molar-refractivity contribution >= 4 is 28.7 Å². The van der Waals surface area contributed by atoms with Crippen LogP contribution in [0.2, 0.25) is 0 Å². The Hall–Kier alpha value is -3.65. The molecule has 4 aromatic rings. The molecule has 160 valence electrons. The zero-order valence-corrected chi connectivity index (χ0v) is 17.6. The number of likely N-dealkylation sites (N-methyl/N-ethyl adjacent to an activating group) is 1. The summed E-state index contributed by atoms with van der Waals surface area (Å²) in [6.45, 7) is 5.00. The first-order valence-corrected chi connectivity index (χ1v) is 10.5. The van der Waals surface area contributed by atoms with Crippen molar-refractivity contribution in [1.82, 2.24) is 24.5 Å². The number of rotatable bonds is 6. The minimum Gasteiger partial charge on any atom is -0.378 e. The van der Waals surface area contributed by atoms with E-state index >= 15 is 0 Å². The summed E-state index contributed by atoms with van der Waals surface area (Å²) in [6, 6.07) is 16.4. The Morgan fingerprint density at radius 1 is 1.00 bits per heavy atom. The summed E-state index contributed by atoms with van der Waals surface area (Å²) in [6.07, 6.45) is 5.54. The molecule has 0 saturated carbocycles. The van der Waals surface area contributed by atoms with Gasteiger partial charge in [-0.15, -0.1) is 5.10 Å². The van der Waals surface area contributed by atoms with E-state index in [-0.39, 0.29) is 1.43 Å². The predicted octanol–water partition coefficient (Wildman–Crippen LogP) is 3.48. The minimum absolute atomic E-state index is 0. The van der Waals surface area contributed by atoms with Gasteiger partial charge in [-0.25, -0.2) is 4.52 Å². The number of piperazine rings is 1. The van der Waals surface area contributed by atoms with Gasteiger partial charge in [0.2, 0.25) is 5.95 Å². The number of pyridine rings is 2. The van der Waals surface area contributed by atoms with E-state index in [1.54, 1.807) is 10.7 Å². The maximum Gasteiger partial charge on any atom is 0.247 e. The molecule has 3 aromatic heterocycles. The van der Waals surface area contributed by atoms with Gasteiger partial charge in [-0.2, -0.15) is 4.98 Å². The van der Waals surface area contributed by atoms with Crippen LogP contribution in [-0.2, 0) is 6.54 Å². The van der Waals surface area contributed by atoms with Crippen LogP contribution in [0.25, 0.3) is 5.65 Å². The highest BCUT2D eigenvalue weighted by Crippen LogP contribution is 2.23. The Kier molecular flexibility index (Phi) is 5.37. The lowest BCUT2D eigenvalue weighted by molar-refractivity contribution is 0.313. The topological polar surface area (TPSA) is 73.6 Å². The smallest absolute Gasteiger partial charge is 0.247 e. The van der Waals surface area contributed by atoms with Crippen LogP contribution in [0.5, 0.6) is 0 Å². The third-order valence-electron chi connectivity index (χ3n) is 5.56. The van der Waals surface area contributed by atoms with Crippen LogP contribution in [0, 0.1) is 0 Å². The van der Waals surface area contributed by atoms with Crippen LogP contribution in [0.15, 0.2) is 67.1 Å². The molecule has 31 heavy (non-hydrogen) atoms. The highest BCUT2D eigenvalue weighted by molar-refractivity contribution is 5.69. The van der Waals surface area contributed by atoms with E-state index in [0.717, 1.165) is 48.8 Å². The normalized spacial score (nSPS) is 14.7. The molecule has 0 radical (unpaired) electrons. The van der Waals surface area contributed by atoms with Crippen molar-refractivity contribution in [2.24, 2.45) is 0 Å². The fourth-order valence-electron chi connectivity index (χ4n) is 3.75. The fourth-order valence-corrected chi connectivity index (χ4v) is 3.75. The maximum atomic E-state index is 4.69. The van der Waals surface area contributed by atoms with Crippen molar-refractivity contribution in [2.45, 2.75) is 6.54 Å². The van der Waals surface area contributed by atoms with E-state index in [2.05, 4.69) is 66.8 Å². The summed E-state index contributed by atoms with van der Waals surface area (Å²) in [5.41, 5.74) is 5.05. The average molecular weight is 417 g/mol. The van der Waals surface area contributed by atoms with Crippen molar-refractivity contribution in [2.75, 3.05) is 48.8 Å². The second kappa shape index (κ2) is 8.61. The van der Waals surface area contributed by atoms with E-state index in [4.69, 9.17) is 0 Å². The van der Waals surface area contributed by atoms with Crippen molar-refractivity contribution in [1.29, 1.82) is 0 Å². The number of nitrogens with zero attached hydrogens (tertiary/aromatic N) is 6. The summed E-state index contributed by atoms with van der Waals surface area (Å²) in [5, 5.41) is 11.3. The van der Waals surface area contributed by atoms with Crippen LogP contribution in [0.1, 0.15) is 6.99 Å². The first-order valence-electron chi connectivity index (χ1n) is 10.5. The first kappa shape index (κ1) is 19.3. The Bertz CT molecular complexity index is 1140. The number of fused-ring (bicyclic) bond motifs is 1. The Labute approximate surface area is 183 Å². The highest BCUT2D eigenvalue weighted by Gasteiger charge is 2.14. The van der Waals surface area contributed by atoms with Gasteiger partial charge >= 0.3 is 0 Å². The van der Waals surface area contributed by atoms with Crippen LogP contribution in [-0.4, -0.2) is 57.7 Å². The van der Waals surface area contributed by atoms with Crippen molar-refractivity contribution < 1.29 is 1.43 Å². The van der Waals surface area contributed by atoms with Crippen molar-refractivity contribution in [3.63, 3.8) is 0 Å². The van der Waals surface area contributed by atoms with Gasteiger partial charge in [0.25, 0.3) is 0 Å². The molecular formula is C23H28N8. The Morgan fingerprint density at radius 3 is 2.61 bits per heavy atom. The molecule has 8 heteroatoms.